The molecule has 0 saturated carbocycles. The van der Waals surface area contributed by atoms with E-state index in [1.54, 1.807) is 0 Å². The van der Waals surface area contributed by atoms with Crippen LogP contribution in [-0.2, 0) is 6.54 Å². The Morgan fingerprint density at radius 1 is 1.38 bits per heavy atom. The molecule has 84 valence electrons. The first-order chi connectivity index (χ1) is 7.78. The van der Waals surface area contributed by atoms with Gasteiger partial charge in [-0.15, -0.1) is 0 Å². The summed E-state index contributed by atoms with van der Waals surface area (Å²) in [6.45, 7) is 2.68. The zero-order chi connectivity index (χ0) is 11.4. The molecule has 0 aliphatic carbocycles. The van der Waals surface area contributed by atoms with Gasteiger partial charge < -0.3 is 5.11 Å². The van der Waals surface area contributed by atoms with E-state index < -0.39 is 0 Å². The van der Waals surface area contributed by atoms with Crippen LogP contribution in [0.5, 0.6) is 0 Å². The summed E-state index contributed by atoms with van der Waals surface area (Å²) in [7, 11) is 0. The minimum absolute atomic E-state index is 0.174. The van der Waals surface area contributed by atoms with E-state index in [0.717, 1.165) is 32.5 Å². The number of nitrogens with zero attached hydrogens (tertiary/aromatic N) is 2. The van der Waals surface area contributed by atoms with Crippen molar-refractivity contribution in [3.05, 3.63) is 35.4 Å². The fraction of sp³-hybridized carbons (Fsp3) is 0.462. The Hall–Kier alpha value is -1.37. The van der Waals surface area contributed by atoms with Crippen molar-refractivity contribution in [1.82, 2.24) is 4.90 Å². The molecule has 3 nitrogen and oxygen atoms in total. The van der Waals surface area contributed by atoms with Crippen LogP contribution < -0.4 is 0 Å². The van der Waals surface area contributed by atoms with Crippen LogP contribution in [0.1, 0.15) is 24.0 Å². The van der Waals surface area contributed by atoms with Crippen molar-refractivity contribution in [2.24, 2.45) is 0 Å². The second kappa shape index (κ2) is 5.11. The molecule has 2 rings (SSSR count). The fourth-order valence-electron chi connectivity index (χ4n) is 2.12. The summed E-state index contributed by atoms with van der Waals surface area (Å²) in [6, 6.07) is 9.77. The Morgan fingerprint density at radius 2 is 2.12 bits per heavy atom. The van der Waals surface area contributed by atoms with E-state index in [1.165, 1.54) is 5.56 Å². The summed E-state index contributed by atoms with van der Waals surface area (Å²) >= 11 is 0. The molecule has 1 aliphatic rings. The van der Waals surface area contributed by atoms with E-state index in [0.29, 0.717) is 5.56 Å². The van der Waals surface area contributed by atoms with Crippen molar-refractivity contribution < 1.29 is 5.11 Å². The topological polar surface area (TPSA) is 47.3 Å². The molecule has 1 N–H and O–H groups in total. The van der Waals surface area contributed by atoms with Gasteiger partial charge in [-0.3, -0.25) is 4.90 Å². The summed E-state index contributed by atoms with van der Waals surface area (Å²) in [5, 5.41) is 18.2. The molecular formula is C13H16N2O. The summed E-state index contributed by atoms with van der Waals surface area (Å²) in [4.78, 5) is 2.26. The third-order valence-electron chi connectivity index (χ3n) is 2.97. The molecule has 0 spiro atoms. The van der Waals surface area contributed by atoms with E-state index in [-0.39, 0.29) is 6.10 Å². The molecule has 1 saturated heterocycles. The van der Waals surface area contributed by atoms with Crippen LogP contribution in [0.3, 0.4) is 0 Å². The number of piperidine rings is 1. The Bertz CT molecular complexity index is 380. The lowest BCUT2D eigenvalue weighted by Gasteiger charge is -2.29. The Kier molecular flexibility index (Phi) is 3.55. The SMILES string of the molecule is N#Cc1ccc(CN2CCCC(O)C2)cc1. The third-order valence-corrected chi connectivity index (χ3v) is 2.97. The van der Waals surface area contributed by atoms with Crippen LogP contribution in [0.15, 0.2) is 24.3 Å². The largest absolute Gasteiger partial charge is 0.392 e. The molecule has 0 bridgehead atoms. The molecule has 0 amide bonds. The predicted octanol–water partition coefficient (Wildman–Crippen LogP) is 1.51. The Morgan fingerprint density at radius 3 is 2.75 bits per heavy atom. The van der Waals surface area contributed by atoms with Crippen LogP contribution >= 0.6 is 0 Å². The number of β-amino-alcohol motifs (C(OH)–C–C–N with tert-alkyl or cyclic N) is 1. The van der Waals surface area contributed by atoms with Crippen molar-refractivity contribution in [3.8, 4) is 6.07 Å². The molecule has 1 atom stereocenters. The zero-order valence-corrected chi connectivity index (χ0v) is 9.26. The van der Waals surface area contributed by atoms with Gasteiger partial charge in [-0.25, -0.2) is 0 Å². The van der Waals surface area contributed by atoms with Gasteiger partial charge >= 0.3 is 0 Å². The quantitative estimate of drug-likeness (QED) is 0.815. The van der Waals surface area contributed by atoms with Crippen molar-refractivity contribution in [3.63, 3.8) is 0 Å². The van der Waals surface area contributed by atoms with Gasteiger partial charge in [-0.05, 0) is 37.1 Å². The molecular weight excluding hydrogens is 200 g/mol. The summed E-state index contributed by atoms with van der Waals surface area (Å²) < 4.78 is 0. The Labute approximate surface area is 95.9 Å². The highest BCUT2D eigenvalue weighted by molar-refractivity contribution is 5.31. The van der Waals surface area contributed by atoms with Crippen LogP contribution in [0.2, 0.25) is 0 Å². The number of rotatable bonds is 2. The molecule has 1 aliphatic heterocycles. The zero-order valence-electron chi connectivity index (χ0n) is 9.26. The van der Waals surface area contributed by atoms with Gasteiger partial charge in [0.05, 0.1) is 17.7 Å². The summed E-state index contributed by atoms with van der Waals surface area (Å²) in [5.41, 5.74) is 1.90. The van der Waals surface area contributed by atoms with Crippen LogP contribution in [-0.4, -0.2) is 29.2 Å². The highest BCUT2D eigenvalue weighted by Gasteiger charge is 2.17. The maximum absolute atomic E-state index is 9.56. The minimum Gasteiger partial charge on any atom is -0.392 e. The second-order valence-electron chi connectivity index (χ2n) is 4.34. The van der Waals surface area contributed by atoms with E-state index >= 15 is 0 Å². The van der Waals surface area contributed by atoms with Crippen LogP contribution in [0, 0.1) is 11.3 Å². The minimum atomic E-state index is -0.174. The predicted molar refractivity (Wildman–Crippen MR) is 61.7 cm³/mol. The summed E-state index contributed by atoms with van der Waals surface area (Å²) in [6.07, 6.45) is 1.81. The van der Waals surface area contributed by atoms with Gasteiger partial charge in [0.25, 0.3) is 0 Å². The van der Waals surface area contributed by atoms with Crippen LogP contribution in [0.4, 0.5) is 0 Å². The van der Waals surface area contributed by atoms with Gasteiger partial charge in [0.1, 0.15) is 0 Å². The maximum atomic E-state index is 9.56. The van der Waals surface area contributed by atoms with Crippen LogP contribution in [0.25, 0.3) is 0 Å². The van der Waals surface area contributed by atoms with Crippen molar-refractivity contribution in [1.29, 1.82) is 5.26 Å². The average Bonchev–Trinajstić information content (AvgIpc) is 2.30. The molecule has 0 aromatic heterocycles. The smallest absolute Gasteiger partial charge is 0.0991 e. The average molecular weight is 216 g/mol. The number of hydrogen-bond acceptors (Lipinski definition) is 3. The van der Waals surface area contributed by atoms with E-state index in [1.807, 2.05) is 24.3 Å². The van der Waals surface area contributed by atoms with Crippen molar-refractivity contribution in [2.45, 2.75) is 25.5 Å². The first-order valence-corrected chi connectivity index (χ1v) is 5.67. The Balaban J connectivity index is 1.95. The van der Waals surface area contributed by atoms with Crippen molar-refractivity contribution >= 4 is 0 Å². The molecule has 1 aromatic carbocycles. The lowest BCUT2D eigenvalue weighted by molar-refractivity contribution is 0.0668. The second-order valence-corrected chi connectivity index (χ2v) is 4.34. The third kappa shape index (κ3) is 2.82. The molecule has 1 fully saturated rings. The van der Waals surface area contributed by atoms with E-state index in [4.69, 9.17) is 5.26 Å². The molecule has 0 radical (unpaired) electrons. The number of hydrogen-bond donors (Lipinski definition) is 1. The molecule has 1 heterocycles. The van der Waals surface area contributed by atoms with Gasteiger partial charge in [-0.1, -0.05) is 12.1 Å². The summed E-state index contributed by atoms with van der Waals surface area (Å²) in [5.74, 6) is 0. The highest BCUT2D eigenvalue weighted by atomic mass is 16.3. The first-order valence-electron chi connectivity index (χ1n) is 5.67. The number of likely N-dealkylation sites (tertiary alicyclic amines) is 1. The molecule has 16 heavy (non-hydrogen) atoms. The number of aliphatic hydroxyl groups excluding tert-OH is 1. The van der Waals surface area contributed by atoms with Gasteiger partial charge in [0, 0.05) is 13.1 Å². The molecule has 3 heteroatoms. The molecule has 1 unspecified atom stereocenters. The van der Waals surface area contributed by atoms with Gasteiger partial charge in [0.15, 0.2) is 0 Å². The van der Waals surface area contributed by atoms with Gasteiger partial charge in [0.2, 0.25) is 0 Å². The molecule has 1 aromatic rings. The lowest BCUT2D eigenvalue weighted by Crippen LogP contribution is -2.37. The van der Waals surface area contributed by atoms with E-state index in [9.17, 15) is 5.11 Å². The number of aliphatic hydroxyl groups is 1. The normalized spacial score (nSPS) is 21.6. The standard InChI is InChI=1S/C13H16N2O/c14-8-11-3-5-12(6-4-11)9-15-7-1-2-13(16)10-15/h3-6,13,16H,1-2,7,9-10H2. The highest BCUT2D eigenvalue weighted by Crippen LogP contribution is 2.13. The maximum Gasteiger partial charge on any atom is 0.0991 e. The number of nitriles is 1. The lowest BCUT2D eigenvalue weighted by atomic mass is 10.1. The monoisotopic (exact) mass is 216 g/mol. The van der Waals surface area contributed by atoms with Gasteiger partial charge in [-0.2, -0.15) is 5.26 Å². The van der Waals surface area contributed by atoms with E-state index in [2.05, 4.69) is 11.0 Å². The first kappa shape index (κ1) is 11.1. The fourth-order valence-corrected chi connectivity index (χ4v) is 2.12. The van der Waals surface area contributed by atoms with Crippen molar-refractivity contribution in [2.75, 3.05) is 13.1 Å². The number of benzene rings is 1.